The van der Waals surface area contributed by atoms with Crippen molar-refractivity contribution < 1.29 is 9.50 Å². The van der Waals surface area contributed by atoms with Gasteiger partial charge in [0.25, 0.3) is 0 Å². The first-order valence-electron chi connectivity index (χ1n) is 5.87. The highest BCUT2D eigenvalue weighted by molar-refractivity contribution is 5.68. The molecule has 0 amide bonds. The van der Waals surface area contributed by atoms with Gasteiger partial charge >= 0.3 is 0 Å². The highest BCUT2D eigenvalue weighted by Gasteiger charge is 2.16. The lowest BCUT2D eigenvalue weighted by Gasteiger charge is -2.13. The molecule has 0 fully saturated rings. The summed E-state index contributed by atoms with van der Waals surface area (Å²) < 4.78 is 13.8. The van der Waals surface area contributed by atoms with Crippen LogP contribution in [0, 0.1) is 24.1 Å². The van der Waals surface area contributed by atoms with Crippen molar-refractivity contribution >= 4 is 0 Å². The van der Waals surface area contributed by atoms with Crippen LogP contribution in [0.1, 0.15) is 29.7 Å². The fourth-order valence-electron chi connectivity index (χ4n) is 2.06. The molecule has 1 aromatic carbocycles. The van der Waals surface area contributed by atoms with Crippen LogP contribution < -0.4 is 0 Å². The molecule has 0 radical (unpaired) electrons. The summed E-state index contributed by atoms with van der Waals surface area (Å²) in [6, 6.07) is 7.29. The first-order valence-corrected chi connectivity index (χ1v) is 5.87. The Bertz CT molecular complexity index is 660. The van der Waals surface area contributed by atoms with Crippen LogP contribution in [0.15, 0.2) is 30.6 Å². The third kappa shape index (κ3) is 2.47. The van der Waals surface area contributed by atoms with Crippen LogP contribution in [-0.2, 0) is 0 Å². The average Bonchev–Trinajstić information content (AvgIpc) is 2.37. The number of hydrogen-bond donors (Lipinski definition) is 1. The molecule has 0 aliphatic heterocycles. The molecular weight excluding hydrogens is 243 g/mol. The third-order valence-electron chi connectivity index (χ3n) is 3.01. The van der Waals surface area contributed by atoms with Crippen molar-refractivity contribution in [3.05, 3.63) is 53.1 Å². The number of nitrogens with zero attached hydrogens (tertiary/aromatic N) is 2. The highest BCUT2D eigenvalue weighted by atomic mass is 19.1. The number of hydrogen-bond acceptors (Lipinski definition) is 3. The Balaban J connectivity index is 2.63. The molecule has 96 valence electrons. The molecule has 1 heterocycles. The zero-order valence-electron chi connectivity index (χ0n) is 10.7. The van der Waals surface area contributed by atoms with E-state index in [0.29, 0.717) is 11.1 Å². The van der Waals surface area contributed by atoms with Crippen LogP contribution in [0.2, 0.25) is 0 Å². The molecule has 0 aliphatic carbocycles. The van der Waals surface area contributed by atoms with E-state index >= 15 is 0 Å². The van der Waals surface area contributed by atoms with Gasteiger partial charge in [-0.05, 0) is 31.0 Å². The predicted molar refractivity (Wildman–Crippen MR) is 69.7 cm³/mol. The van der Waals surface area contributed by atoms with Gasteiger partial charge in [0, 0.05) is 17.3 Å². The Labute approximate surface area is 111 Å². The van der Waals surface area contributed by atoms with Crippen molar-refractivity contribution in [3.63, 3.8) is 0 Å². The number of nitriles is 1. The van der Waals surface area contributed by atoms with E-state index in [1.165, 1.54) is 13.1 Å². The van der Waals surface area contributed by atoms with E-state index in [4.69, 9.17) is 5.26 Å². The van der Waals surface area contributed by atoms with Crippen molar-refractivity contribution in [1.29, 1.82) is 5.26 Å². The zero-order valence-corrected chi connectivity index (χ0v) is 10.7. The lowest BCUT2D eigenvalue weighted by Crippen LogP contribution is -2.01. The summed E-state index contributed by atoms with van der Waals surface area (Å²) in [5, 5.41) is 18.6. The third-order valence-corrected chi connectivity index (χ3v) is 3.01. The van der Waals surface area contributed by atoms with Crippen molar-refractivity contribution in [3.8, 4) is 17.2 Å². The van der Waals surface area contributed by atoms with Gasteiger partial charge in [-0.15, -0.1) is 0 Å². The summed E-state index contributed by atoms with van der Waals surface area (Å²) in [5.74, 6) is -0.533. The van der Waals surface area contributed by atoms with Gasteiger partial charge in [-0.3, -0.25) is 4.98 Å². The molecule has 19 heavy (non-hydrogen) atoms. The van der Waals surface area contributed by atoms with Crippen LogP contribution in [0.3, 0.4) is 0 Å². The Morgan fingerprint density at radius 1 is 1.37 bits per heavy atom. The summed E-state index contributed by atoms with van der Waals surface area (Å²) >= 11 is 0. The molecule has 1 aromatic heterocycles. The molecule has 1 atom stereocenters. The van der Waals surface area contributed by atoms with Crippen molar-refractivity contribution in [1.82, 2.24) is 4.98 Å². The fourth-order valence-corrected chi connectivity index (χ4v) is 2.06. The van der Waals surface area contributed by atoms with Crippen LogP contribution in [0.25, 0.3) is 11.1 Å². The average molecular weight is 256 g/mol. The minimum absolute atomic E-state index is 0.221. The Hall–Kier alpha value is -2.25. The number of halogens is 1. The number of aryl methyl sites for hydroxylation is 1. The van der Waals surface area contributed by atoms with Gasteiger partial charge < -0.3 is 5.11 Å². The Morgan fingerprint density at radius 3 is 2.68 bits per heavy atom. The maximum atomic E-state index is 13.8. The van der Waals surface area contributed by atoms with Crippen LogP contribution in [-0.4, -0.2) is 10.1 Å². The second kappa shape index (κ2) is 5.17. The summed E-state index contributed by atoms with van der Waals surface area (Å²) in [6.45, 7) is 3.33. The second-order valence-corrected chi connectivity index (χ2v) is 4.40. The molecule has 0 unspecified atom stereocenters. The minimum atomic E-state index is -0.922. The fraction of sp³-hybridized carbons (Fsp3) is 0.200. The number of pyridine rings is 1. The highest BCUT2D eigenvalue weighted by Crippen LogP contribution is 2.30. The topological polar surface area (TPSA) is 56.9 Å². The van der Waals surface area contributed by atoms with E-state index in [0.717, 1.165) is 17.3 Å². The summed E-state index contributed by atoms with van der Waals surface area (Å²) in [4.78, 5) is 3.82. The van der Waals surface area contributed by atoms with Gasteiger partial charge in [0.2, 0.25) is 0 Å². The summed E-state index contributed by atoms with van der Waals surface area (Å²) in [6.07, 6.45) is 1.68. The van der Waals surface area contributed by atoms with E-state index in [1.54, 1.807) is 18.2 Å². The molecule has 1 N–H and O–H groups in total. The molecule has 3 nitrogen and oxygen atoms in total. The number of benzene rings is 1. The molecule has 0 spiro atoms. The minimum Gasteiger partial charge on any atom is -0.389 e. The molecule has 0 bridgehead atoms. The monoisotopic (exact) mass is 256 g/mol. The predicted octanol–water partition coefficient (Wildman–Crippen LogP) is 3.12. The summed E-state index contributed by atoms with van der Waals surface area (Å²) in [5.41, 5.74) is 2.88. The smallest absolute Gasteiger partial charge is 0.147 e. The second-order valence-electron chi connectivity index (χ2n) is 4.40. The lowest BCUT2D eigenvalue weighted by molar-refractivity contribution is 0.194. The number of aliphatic hydroxyl groups excluding tert-OH is 1. The zero-order chi connectivity index (χ0) is 14.0. The SMILES string of the molecule is Cc1cc(-c2cncc(F)c2[C@@H](C)O)ccc1C#N. The number of rotatable bonds is 2. The quantitative estimate of drug-likeness (QED) is 0.898. The van der Waals surface area contributed by atoms with Crippen LogP contribution >= 0.6 is 0 Å². The normalized spacial score (nSPS) is 11.9. The lowest BCUT2D eigenvalue weighted by atomic mass is 9.96. The number of aliphatic hydroxyl groups is 1. The van der Waals surface area contributed by atoms with E-state index in [-0.39, 0.29) is 5.56 Å². The molecule has 0 saturated carbocycles. The Morgan fingerprint density at radius 2 is 2.11 bits per heavy atom. The van der Waals surface area contributed by atoms with Gasteiger partial charge in [-0.2, -0.15) is 5.26 Å². The maximum Gasteiger partial charge on any atom is 0.147 e. The molecular formula is C15H13FN2O. The van der Waals surface area contributed by atoms with E-state index in [9.17, 15) is 9.50 Å². The van der Waals surface area contributed by atoms with E-state index in [2.05, 4.69) is 11.1 Å². The van der Waals surface area contributed by atoms with Gasteiger partial charge in [0.1, 0.15) is 5.82 Å². The molecule has 0 aliphatic rings. The van der Waals surface area contributed by atoms with Crippen LogP contribution in [0.5, 0.6) is 0 Å². The van der Waals surface area contributed by atoms with Crippen LogP contribution in [0.4, 0.5) is 4.39 Å². The molecule has 4 heteroatoms. The Kier molecular flexibility index (Phi) is 3.59. The largest absolute Gasteiger partial charge is 0.389 e. The van der Waals surface area contributed by atoms with E-state index in [1.807, 2.05) is 6.92 Å². The molecule has 2 aromatic rings. The van der Waals surface area contributed by atoms with E-state index < -0.39 is 11.9 Å². The van der Waals surface area contributed by atoms with Gasteiger partial charge in [-0.1, -0.05) is 12.1 Å². The van der Waals surface area contributed by atoms with Crippen molar-refractivity contribution in [2.75, 3.05) is 0 Å². The molecule has 0 saturated heterocycles. The van der Waals surface area contributed by atoms with Gasteiger partial charge in [0.15, 0.2) is 0 Å². The molecule has 2 rings (SSSR count). The van der Waals surface area contributed by atoms with Crippen molar-refractivity contribution in [2.45, 2.75) is 20.0 Å². The van der Waals surface area contributed by atoms with Gasteiger partial charge in [-0.25, -0.2) is 4.39 Å². The summed E-state index contributed by atoms with van der Waals surface area (Å²) in [7, 11) is 0. The first kappa shape index (κ1) is 13.2. The van der Waals surface area contributed by atoms with Gasteiger partial charge in [0.05, 0.1) is 23.9 Å². The number of aromatic nitrogens is 1. The van der Waals surface area contributed by atoms with Crippen molar-refractivity contribution in [2.24, 2.45) is 0 Å². The standard InChI is InChI=1S/C15H13FN2O/c1-9-5-11(3-4-12(9)6-17)13-7-18-8-14(16)15(13)10(2)19/h3-5,7-8,10,19H,1-2H3/t10-/m1/s1. The maximum absolute atomic E-state index is 13.8. The first-order chi connectivity index (χ1) is 9.04.